The Morgan fingerprint density at radius 2 is 1.74 bits per heavy atom. The zero-order chi connectivity index (χ0) is 22.5. The fourth-order valence-corrected chi connectivity index (χ4v) is 2.84. The lowest BCUT2D eigenvalue weighted by atomic mass is 10.1. The first-order valence-corrected chi connectivity index (χ1v) is 9.20. The van der Waals surface area contributed by atoms with Gasteiger partial charge in [-0.05, 0) is 42.8 Å². The Kier molecular flexibility index (Phi) is 6.35. The SMILES string of the molecule is COC(=O)COc1ccc(C=C2C(=O)NC(=O)N(c3ccc(C)cc3)C2=O)cc1OC. The van der Waals surface area contributed by atoms with Gasteiger partial charge in [-0.3, -0.25) is 14.9 Å². The number of aryl methyl sites for hydroxylation is 1. The Morgan fingerprint density at radius 3 is 2.39 bits per heavy atom. The van der Waals surface area contributed by atoms with E-state index in [0.29, 0.717) is 11.3 Å². The highest BCUT2D eigenvalue weighted by atomic mass is 16.6. The molecular weight excluding hydrogens is 404 g/mol. The van der Waals surface area contributed by atoms with Gasteiger partial charge < -0.3 is 14.2 Å². The summed E-state index contributed by atoms with van der Waals surface area (Å²) in [6, 6.07) is 10.6. The van der Waals surface area contributed by atoms with E-state index in [1.54, 1.807) is 30.3 Å². The predicted octanol–water partition coefficient (Wildman–Crippen LogP) is 2.22. The molecule has 9 heteroatoms. The van der Waals surface area contributed by atoms with Crippen molar-refractivity contribution in [2.24, 2.45) is 0 Å². The molecule has 1 aliphatic rings. The zero-order valence-corrected chi connectivity index (χ0v) is 17.1. The van der Waals surface area contributed by atoms with Crippen molar-refractivity contribution < 1.29 is 33.4 Å². The number of nitrogens with one attached hydrogen (secondary N) is 1. The van der Waals surface area contributed by atoms with Crippen molar-refractivity contribution in [2.45, 2.75) is 6.92 Å². The van der Waals surface area contributed by atoms with Crippen LogP contribution in [-0.2, 0) is 19.1 Å². The third-order valence-corrected chi connectivity index (χ3v) is 4.47. The lowest BCUT2D eigenvalue weighted by molar-refractivity contribution is -0.143. The van der Waals surface area contributed by atoms with E-state index in [0.717, 1.165) is 10.5 Å². The highest BCUT2D eigenvalue weighted by Gasteiger charge is 2.36. The lowest BCUT2D eigenvalue weighted by Crippen LogP contribution is -2.54. The molecule has 0 unspecified atom stereocenters. The maximum atomic E-state index is 12.9. The number of imide groups is 2. The quantitative estimate of drug-likeness (QED) is 0.430. The number of amides is 4. The van der Waals surface area contributed by atoms with Crippen LogP contribution in [0.4, 0.5) is 10.5 Å². The van der Waals surface area contributed by atoms with E-state index >= 15 is 0 Å². The number of carbonyl (C=O) groups is 4. The van der Waals surface area contributed by atoms with Crippen LogP contribution >= 0.6 is 0 Å². The van der Waals surface area contributed by atoms with Gasteiger partial charge in [0, 0.05) is 0 Å². The maximum absolute atomic E-state index is 12.9. The van der Waals surface area contributed by atoms with Gasteiger partial charge >= 0.3 is 12.0 Å². The van der Waals surface area contributed by atoms with Crippen molar-refractivity contribution in [3.8, 4) is 11.5 Å². The lowest BCUT2D eigenvalue weighted by Gasteiger charge is -2.26. The van der Waals surface area contributed by atoms with Crippen LogP contribution in [-0.4, -0.2) is 44.6 Å². The molecule has 3 rings (SSSR count). The van der Waals surface area contributed by atoms with E-state index < -0.39 is 23.8 Å². The van der Waals surface area contributed by atoms with Gasteiger partial charge in [-0.1, -0.05) is 23.8 Å². The highest BCUT2D eigenvalue weighted by molar-refractivity contribution is 6.39. The molecule has 1 N–H and O–H groups in total. The van der Waals surface area contributed by atoms with E-state index in [2.05, 4.69) is 10.1 Å². The molecule has 1 saturated heterocycles. The second kappa shape index (κ2) is 9.12. The molecule has 9 nitrogen and oxygen atoms in total. The van der Waals surface area contributed by atoms with E-state index in [9.17, 15) is 19.2 Å². The van der Waals surface area contributed by atoms with E-state index in [4.69, 9.17) is 9.47 Å². The maximum Gasteiger partial charge on any atom is 0.343 e. The largest absolute Gasteiger partial charge is 0.493 e. The molecule has 4 amide bonds. The van der Waals surface area contributed by atoms with Crippen LogP contribution in [0.5, 0.6) is 11.5 Å². The number of rotatable bonds is 6. The molecule has 0 radical (unpaired) electrons. The number of methoxy groups -OCH3 is 2. The molecule has 0 saturated carbocycles. The summed E-state index contributed by atoms with van der Waals surface area (Å²) in [5, 5.41) is 2.17. The summed E-state index contributed by atoms with van der Waals surface area (Å²) < 4.78 is 15.1. The van der Waals surface area contributed by atoms with Crippen LogP contribution < -0.4 is 19.7 Å². The van der Waals surface area contributed by atoms with Gasteiger partial charge in [0.1, 0.15) is 5.57 Å². The Balaban J connectivity index is 1.91. The number of benzene rings is 2. The Morgan fingerprint density at radius 1 is 1.03 bits per heavy atom. The van der Waals surface area contributed by atoms with E-state index in [1.807, 2.05) is 6.92 Å². The summed E-state index contributed by atoms with van der Waals surface area (Å²) in [6.07, 6.45) is 1.35. The molecule has 1 aliphatic heterocycles. The Hall–Kier alpha value is -4.14. The van der Waals surface area contributed by atoms with E-state index in [-0.39, 0.29) is 23.7 Å². The number of carbonyl (C=O) groups excluding carboxylic acids is 4. The molecule has 0 aromatic heterocycles. The molecule has 1 heterocycles. The van der Waals surface area contributed by atoms with Crippen molar-refractivity contribution >= 4 is 35.6 Å². The third-order valence-electron chi connectivity index (χ3n) is 4.47. The van der Waals surface area contributed by atoms with Crippen molar-refractivity contribution in [2.75, 3.05) is 25.7 Å². The second-order valence-electron chi connectivity index (χ2n) is 6.57. The van der Waals surface area contributed by atoms with Gasteiger partial charge in [-0.15, -0.1) is 0 Å². The summed E-state index contributed by atoms with van der Waals surface area (Å²) in [7, 11) is 2.66. The molecule has 0 spiro atoms. The minimum Gasteiger partial charge on any atom is -0.493 e. The van der Waals surface area contributed by atoms with Gasteiger partial charge in [-0.2, -0.15) is 0 Å². The van der Waals surface area contributed by atoms with Gasteiger partial charge in [0.2, 0.25) is 0 Å². The average molecular weight is 424 g/mol. The molecule has 2 aromatic rings. The fraction of sp³-hybridized carbons (Fsp3) is 0.182. The van der Waals surface area contributed by atoms with Crippen molar-refractivity contribution in [1.82, 2.24) is 5.32 Å². The molecule has 31 heavy (non-hydrogen) atoms. The molecule has 0 aliphatic carbocycles. The molecule has 1 fully saturated rings. The second-order valence-corrected chi connectivity index (χ2v) is 6.57. The first-order chi connectivity index (χ1) is 14.8. The number of barbiturate groups is 1. The van der Waals surface area contributed by atoms with Gasteiger partial charge in [0.25, 0.3) is 11.8 Å². The summed E-state index contributed by atoms with van der Waals surface area (Å²) in [5.74, 6) is -1.54. The fourth-order valence-electron chi connectivity index (χ4n) is 2.84. The van der Waals surface area contributed by atoms with Crippen LogP contribution in [0, 0.1) is 6.92 Å². The first kappa shape index (κ1) is 21.6. The molecular formula is C22H20N2O7. The van der Waals surface area contributed by atoms with Crippen LogP contribution in [0.3, 0.4) is 0 Å². The minimum absolute atomic E-state index is 0.217. The summed E-state index contributed by atoms with van der Waals surface area (Å²) in [6.45, 7) is 1.57. The number of anilines is 1. The molecule has 2 aromatic carbocycles. The van der Waals surface area contributed by atoms with E-state index in [1.165, 1.54) is 32.4 Å². The standard InChI is InChI=1S/C22H20N2O7/c1-13-4-7-15(8-5-13)24-21(27)16(20(26)23-22(24)28)10-14-6-9-17(18(11-14)29-2)31-12-19(25)30-3/h4-11H,12H2,1-3H3,(H,23,26,28). The summed E-state index contributed by atoms with van der Waals surface area (Å²) >= 11 is 0. The minimum atomic E-state index is -0.819. The van der Waals surface area contributed by atoms with Crippen LogP contribution in [0.2, 0.25) is 0 Å². The van der Waals surface area contributed by atoms with Crippen molar-refractivity contribution in [1.29, 1.82) is 0 Å². The number of esters is 1. The number of hydrogen-bond acceptors (Lipinski definition) is 7. The Bertz CT molecular complexity index is 1070. The normalized spacial score (nSPS) is 15.0. The summed E-state index contributed by atoms with van der Waals surface area (Å²) in [4.78, 5) is 49.7. The number of nitrogens with zero attached hydrogens (tertiary/aromatic N) is 1. The van der Waals surface area contributed by atoms with Crippen LogP contribution in [0.15, 0.2) is 48.0 Å². The third kappa shape index (κ3) is 4.72. The molecule has 160 valence electrons. The van der Waals surface area contributed by atoms with Gasteiger partial charge in [0.15, 0.2) is 18.1 Å². The topological polar surface area (TPSA) is 111 Å². The number of ether oxygens (including phenoxy) is 3. The van der Waals surface area contributed by atoms with Gasteiger partial charge in [-0.25, -0.2) is 14.5 Å². The summed E-state index contributed by atoms with van der Waals surface area (Å²) in [5.41, 5.74) is 1.54. The Labute approximate surface area is 178 Å². The average Bonchev–Trinajstić information content (AvgIpc) is 2.76. The van der Waals surface area contributed by atoms with Crippen LogP contribution in [0.25, 0.3) is 6.08 Å². The predicted molar refractivity (Wildman–Crippen MR) is 111 cm³/mol. The first-order valence-electron chi connectivity index (χ1n) is 9.20. The van der Waals surface area contributed by atoms with Crippen molar-refractivity contribution in [3.63, 3.8) is 0 Å². The molecule has 0 bridgehead atoms. The van der Waals surface area contributed by atoms with Gasteiger partial charge in [0.05, 0.1) is 19.9 Å². The number of hydrogen-bond donors (Lipinski definition) is 1. The van der Waals surface area contributed by atoms with Crippen LogP contribution in [0.1, 0.15) is 11.1 Å². The molecule has 0 atom stereocenters. The smallest absolute Gasteiger partial charge is 0.343 e. The zero-order valence-electron chi connectivity index (χ0n) is 17.1. The monoisotopic (exact) mass is 424 g/mol. The van der Waals surface area contributed by atoms with Crippen molar-refractivity contribution in [3.05, 3.63) is 59.2 Å². The number of urea groups is 1. The highest BCUT2D eigenvalue weighted by Crippen LogP contribution is 2.30.